The Morgan fingerprint density at radius 3 is 3.15 bits per heavy atom. The van der Waals surface area contributed by atoms with Crippen molar-refractivity contribution in [3.05, 3.63) is 36.3 Å². The van der Waals surface area contributed by atoms with Gasteiger partial charge in [0.15, 0.2) is 0 Å². The van der Waals surface area contributed by atoms with Gasteiger partial charge in [0.1, 0.15) is 17.9 Å². The first-order chi connectivity index (χ1) is 6.25. The van der Waals surface area contributed by atoms with Crippen LogP contribution in [0.4, 0.5) is 0 Å². The number of hydrogen-bond donors (Lipinski definition) is 1. The number of hydrogen-bond acceptors (Lipinski definition) is 3. The van der Waals surface area contributed by atoms with Crippen LogP contribution >= 0.6 is 0 Å². The van der Waals surface area contributed by atoms with Crippen LogP contribution in [0.15, 0.2) is 29.4 Å². The molecule has 0 aliphatic carbocycles. The lowest BCUT2D eigenvalue weighted by molar-refractivity contribution is 0.0685. The molecule has 0 bridgehead atoms. The summed E-state index contributed by atoms with van der Waals surface area (Å²) in [5.41, 5.74) is 0.143. The van der Waals surface area contributed by atoms with Crippen LogP contribution in [0, 0.1) is 0 Å². The highest BCUT2D eigenvalue weighted by Gasteiger charge is 2.12. The van der Waals surface area contributed by atoms with E-state index in [0.717, 1.165) is 0 Å². The van der Waals surface area contributed by atoms with Gasteiger partial charge in [0.25, 0.3) is 0 Å². The zero-order valence-corrected chi connectivity index (χ0v) is 7.03. The minimum atomic E-state index is -1.01. The van der Waals surface area contributed by atoms with E-state index in [4.69, 9.17) is 14.3 Å². The van der Waals surface area contributed by atoms with Gasteiger partial charge in [0.05, 0.1) is 12.9 Å². The van der Waals surface area contributed by atoms with E-state index in [1.54, 1.807) is 6.08 Å². The highest BCUT2D eigenvalue weighted by Crippen LogP contribution is 2.11. The first kappa shape index (κ1) is 9.54. The Morgan fingerprint density at radius 2 is 2.54 bits per heavy atom. The van der Waals surface area contributed by atoms with E-state index in [9.17, 15) is 4.79 Å². The number of furan rings is 1. The molecule has 0 spiro atoms. The summed E-state index contributed by atoms with van der Waals surface area (Å²) >= 11 is 0. The molecule has 0 radical (unpaired) electrons. The van der Waals surface area contributed by atoms with E-state index in [1.165, 1.54) is 12.3 Å². The van der Waals surface area contributed by atoms with Gasteiger partial charge < -0.3 is 14.3 Å². The maximum atomic E-state index is 10.6. The molecule has 4 nitrogen and oxygen atoms in total. The third kappa shape index (κ3) is 2.45. The van der Waals surface area contributed by atoms with E-state index in [0.29, 0.717) is 12.4 Å². The zero-order valence-electron chi connectivity index (χ0n) is 7.03. The molecule has 0 aliphatic rings. The number of carboxylic acids is 1. The van der Waals surface area contributed by atoms with E-state index >= 15 is 0 Å². The summed E-state index contributed by atoms with van der Waals surface area (Å²) in [6.07, 6.45) is 2.92. The van der Waals surface area contributed by atoms with Gasteiger partial charge in [0, 0.05) is 0 Å². The Hall–Kier alpha value is -1.55. The third-order valence-corrected chi connectivity index (χ3v) is 1.44. The molecule has 0 unspecified atom stereocenters. The van der Waals surface area contributed by atoms with Crippen molar-refractivity contribution < 1.29 is 19.1 Å². The lowest BCUT2D eigenvalue weighted by Crippen LogP contribution is -2.00. The van der Waals surface area contributed by atoms with Crippen LogP contribution < -0.4 is 0 Å². The normalized spacial score (nSPS) is 9.85. The van der Waals surface area contributed by atoms with Crippen LogP contribution in [0.5, 0.6) is 0 Å². The summed E-state index contributed by atoms with van der Waals surface area (Å²) < 4.78 is 9.98. The van der Waals surface area contributed by atoms with Crippen LogP contribution in [0.3, 0.4) is 0 Å². The second-order valence-electron chi connectivity index (χ2n) is 2.37. The quantitative estimate of drug-likeness (QED) is 0.556. The van der Waals surface area contributed by atoms with Gasteiger partial charge >= 0.3 is 5.97 Å². The average Bonchev–Trinajstić information content (AvgIpc) is 2.53. The third-order valence-electron chi connectivity index (χ3n) is 1.44. The van der Waals surface area contributed by atoms with Crippen molar-refractivity contribution in [3.8, 4) is 0 Å². The smallest absolute Gasteiger partial charge is 0.339 e. The lowest BCUT2D eigenvalue weighted by atomic mass is 10.2. The van der Waals surface area contributed by atoms with Crippen molar-refractivity contribution in [2.24, 2.45) is 0 Å². The summed E-state index contributed by atoms with van der Waals surface area (Å²) in [6, 6.07) is 1.40. The molecule has 0 aliphatic heterocycles. The SMILES string of the molecule is C=CCOCc1occc1C(=O)O. The number of rotatable bonds is 5. The molecule has 1 heterocycles. The highest BCUT2D eigenvalue weighted by molar-refractivity contribution is 5.88. The molecule has 1 rings (SSSR count). The van der Waals surface area contributed by atoms with Gasteiger partial charge in [-0.15, -0.1) is 6.58 Å². The van der Waals surface area contributed by atoms with Crippen molar-refractivity contribution in [2.45, 2.75) is 6.61 Å². The van der Waals surface area contributed by atoms with E-state index in [2.05, 4.69) is 6.58 Å². The molecule has 0 saturated carbocycles. The average molecular weight is 182 g/mol. The zero-order chi connectivity index (χ0) is 9.68. The van der Waals surface area contributed by atoms with E-state index in [-0.39, 0.29) is 12.2 Å². The molecule has 70 valence electrons. The van der Waals surface area contributed by atoms with Crippen molar-refractivity contribution in [1.82, 2.24) is 0 Å². The molecular weight excluding hydrogens is 172 g/mol. The Balaban J connectivity index is 2.60. The second-order valence-corrected chi connectivity index (χ2v) is 2.37. The molecular formula is C9H10O4. The molecule has 0 saturated heterocycles. The summed E-state index contributed by atoms with van der Waals surface area (Å²) in [7, 11) is 0. The largest absolute Gasteiger partial charge is 0.478 e. The molecule has 4 heteroatoms. The maximum absolute atomic E-state index is 10.6. The monoisotopic (exact) mass is 182 g/mol. The summed E-state index contributed by atoms with van der Waals surface area (Å²) in [5.74, 6) is -0.680. The first-order valence-electron chi connectivity index (χ1n) is 3.74. The van der Waals surface area contributed by atoms with Gasteiger partial charge in [-0.05, 0) is 6.07 Å². The van der Waals surface area contributed by atoms with Crippen molar-refractivity contribution in [2.75, 3.05) is 6.61 Å². The summed E-state index contributed by atoms with van der Waals surface area (Å²) in [4.78, 5) is 10.6. The molecule has 0 aromatic carbocycles. The molecule has 13 heavy (non-hydrogen) atoms. The molecule has 1 aromatic rings. The summed E-state index contributed by atoms with van der Waals surface area (Å²) in [5, 5.41) is 8.68. The minimum Gasteiger partial charge on any atom is -0.478 e. The fourth-order valence-electron chi connectivity index (χ4n) is 0.878. The van der Waals surface area contributed by atoms with Crippen molar-refractivity contribution in [3.63, 3.8) is 0 Å². The second kappa shape index (κ2) is 4.47. The van der Waals surface area contributed by atoms with Crippen LogP contribution in [-0.2, 0) is 11.3 Å². The van der Waals surface area contributed by atoms with Gasteiger partial charge in [0.2, 0.25) is 0 Å². The molecule has 0 amide bonds. The molecule has 1 aromatic heterocycles. The van der Waals surface area contributed by atoms with Gasteiger partial charge in [-0.2, -0.15) is 0 Å². The maximum Gasteiger partial charge on any atom is 0.339 e. The Labute approximate surface area is 75.4 Å². The fraction of sp³-hybridized carbons (Fsp3) is 0.222. The van der Waals surface area contributed by atoms with Crippen LogP contribution in [-0.4, -0.2) is 17.7 Å². The Kier molecular flexibility index (Phi) is 3.28. The van der Waals surface area contributed by atoms with Crippen LogP contribution in [0.1, 0.15) is 16.1 Å². The number of ether oxygens (including phenoxy) is 1. The first-order valence-corrected chi connectivity index (χ1v) is 3.74. The standard InChI is InChI=1S/C9H10O4/c1-2-4-12-6-8-7(9(10)11)3-5-13-8/h2-3,5H,1,4,6H2,(H,10,11). The molecule has 0 atom stereocenters. The number of carbonyl (C=O) groups is 1. The molecule has 0 fully saturated rings. The van der Waals surface area contributed by atoms with Gasteiger partial charge in [-0.25, -0.2) is 4.79 Å². The van der Waals surface area contributed by atoms with Crippen LogP contribution in [0.25, 0.3) is 0 Å². The minimum absolute atomic E-state index is 0.143. The van der Waals surface area contributed by atoms with Gasteiger partial charge in [-0.3, -0.25) is 0 Å². The predicted octanol–water partition coefficient (Wildman–Crippen LogP) is 1.68. The highest BCUT2D eigenvalue weighted by atomic mass is 16.5. The number of aromatic carboxylic acids is 1. The number of carboxylic acid groups (broad SMARTS) is 1. The predicted molar refractivity (Wildman–Crippen MR) is 45.5 cm³/mol. The van der Waals surface area contributed by atoms with Crippen molar-refractivity contribution in [1.29, 1.82) is 0 Å². The van der Waals surface area contributed by atoms with Crippen LogP contribution in [0.2, 0.25) is 0 Å². The molecule has 1 N–H and O–H groups in total. The van der Waals surface area contributed by atoms with Gasteiger partial charge in [-0.1, -0.05) is 6.08 Å². The Morgan fingerprint density at radius 1 is 1.77 bits per heavy atom. The Bertz CT molecular complexity index is 300. The van der Waals surface area contributed by atoms with Crippen molar-refractivity contribution >= 4 is 5.97 Å². The lowest BCUT2D eigenvalue weighted by Gasteiger charge is -1.98. The van der Waals surface area contributed by atoms with E-state index in [1.807, 2.05) is 0 Å². The summed E-state index contributed by atoms with van der Waals surface area (Å²) in [6.45, 7) is 3.99. The van der Waals surface area contributed by atoms with E-state index < -0.39 is 5.97 Å². The topological polar surface area (TPSA) is 59.7 Å². The fourth-order valence-corrected chi connectivity index (χ4v) is 0.878.